The average molecular weight is 449 g/mol. The third-order valence-corrected chi connectivity index (χ3v) is 6.23. The zero-order valence-electron chi connectivity index (χ0n) is 16.6. The minimum atomic E-state index is -0.783. The van der Waals surface area contributed by atoms with E-state index in [0.717, 1.165) is 21.8 Å². The van der Waals surface area contributed by atoms with Gasteiger partial charge in [0.1, 0.15) is 0 Å². The Balaban J connectivity index is 2.13. The molecule has 1 atom stereocenters. The lowest BCUT2D eigenvalue weighted by Gasteiger charge is -2.17. The number of ether oxygens (including phenoxy) is 1. The predicted molar refractivity (Wildman–Crippen MR) is 117 cm³/mol. The first-order valence-corrected chi connectivity index (χ1v) is 10.7. The first kappa shape index (κ1) is 22.0. The molecule has 158 valence electrons. The van der Waals surface area contributed by atoms with Crippen molar-refractivity contribution in [3.8, 4) is 0 Å². The lowest BCUT2D eigenvalue weighted by molar-refractivity contribution is -0.483. The SMILES string of the molecule is CCC/C(C[C@@H](C[N+](=O)[O-])c1cccs1)=C1/C(=O)N(C(=O)OC)c2ccc(Cl)cc21. The number of hydrogen-bond donors (Lipinski definition) is 0. The van der Waals surface area contributed by atoms with Crippen molar-refractivity contribution in [3.63, 3.8) is 0 Å². The number of halogens is 1. The number of carbonyl (C=O) groups excluding carboxylic acids is 2. The summed E-state index contributed by atoms with van der Waals surface area (Å²) in [5.41, 5.74) is 2.11. The van der Waals surface area contributed by atoms with Crippen molar-refractivity contribution in [2.24, 2.45) is 0 Å². The Morgan fingerprint density at radius 2 is 2.13 bits per heavy atom. The van der Waals surface area contributed by atoms with E-state index < -0.39 is 12.0 Å². The van der Waals surface area contributed by atoms with Crippen LogP contribution < -0.4 is 4.90 Å². The number of anilines is 1. The van der Waals surface area contributed by atoms with Crippen LogP contribution in [0, 0.1) is 10.1 Å². The molecule has 30 heavy (non-hydrogen) atoms. The fraction of sp³-hybridized carbons (Fsp3) is 0.333. The van der Waals surface area contributed by atoms with E-state index in [-0.39, 0.29) is 17.4 Å². The summed E-state index contributed by atoms with van der Waals surface area (Å²) in [6.45, 7) is 1.74. The largest absolute Gasteiger partial charge is 0.452 e. The monoisotopic (exact) mass is 448 g/mol. The number of amides is 2. The van der Waals surface area contributed by atoms with Gasteiger partial charge in [-0.05, 0) is 42.5 Å². The number of rotatable bonds is 7. The lowest BCUT2D eigenvalue weighted by Crippen LogP contribution is -2.33. The van der Waals surface area contributed by atoms with Gasteiger partial charge in [0, 0.05) is 26.0 Å². The van der Waals surface area contributed by atoms with E-state index in [9.17, 15) is 19.7 Å². The van der Waals surface area contributed by atoms with Crippen molar-refractivity contribution in [2.45, 2.75) is 32.1 Å². The molecule has 0 spiro atoms. The molecule has 1 aliphatic heterocycles. The topological polar surface area (TPSA) is 89.8 Å². The van der Waals surface area contributed by atoms with E-state index in [2.05, 4.69) is 0 Å². The van der Waals surface area contributed by atoms with E-state index in [1.165, 1.54) is 18.4 Å². The molecular weight excluding hydrogens is 428 g/mol. The molecule has 2 amide bonds. The summed E-state index contributed by atoms with van der Waals surface area (Å²) in [4.78, 5) is 38.4. The minimum absolute atomic E-state index is 0.238. The molecule has 7 nitrogen and oxygen atoms in total. The normalized spacial score (nSPS) is 15.7. The van der Waals surface area contributed by atoms with Crippen LogP contribution in [0.2, 0.25) is 5.02 Å². The number of carbonyl (C=O) groups is 2. The molecular formula is C21H21ClN2O5S. The Hall–Kier alpha value is -2.71. The maximum Gasteiger partial charge on any atom is 0.421 e. The fourth-order valence-corrected chi connectivity index (χ4v) is 4.73. The first-order valence-electron chi connectivity index (χ1n) is 9.46. The number of hydrogen-bond acceptors (Lipinski definition) is 6. The number of nitro groups is 1. The fourth-order valence-electron chi connectivity index (χ4n) is 3.74. The van der Waals surface area contributed by atoms with Crippen LogP contribution in [-0.4, -0.2) is 30.6 Å². The molecule has 0 unspecified atom stereocenters. The summed E-state index contributed by atoms with van der Waals surface area (Å²) in [7, 11) is 1.21. The maximum atomic E-state index is 13.3. The Morgan fingerprint density at radius 1 is 1.37 bits per heavy atom. The Bertz CT molecular complexity index is 1000. The van der Waals surface area contributed by atoms with Crippen molar-refractivity contribution in [2.75, 3.05) is 18.6 Å². The Morgan fingerprint density at radius 3 is 2.73 bits per heavy atom. The molecule has 0 bridgehead atoms. The smallest absolute Gasteiger partial charge is 0.421 e. The summed E-state index contributed by atoms with van der Waals surface area (Å²) in [5, 5.41) is 13.6. The molecule has 0 saturated heterocycles. The highest BCUT2D eigenvalue weighted by molar-refractivity contribution is 7.10. The zero-order chi connectivity index (χ0) is 21.8. The summed E-state index contributed by atoms with van der Waals surface area (Å²) in [5.74, 6) is -0.856. The molecule has 1 aromatic heterocycles. The standard InChI is InChI=1S/C21H21ClN2O5S/c1-3-5-13(10-14(12-23(27)28)18-6-4-9-30-18)19-16-11-15(22)7-8-17(16)24(20(19)25)21(26)29-2/h4,6-9,11,14H,3,5,10,12H2,1-2H3/b19-13-/t14-/m0/s1. The molecule has 0 radical (unpaired) electrons. The van der Waals surface area contributed by atoms with Gasteiger partial charge in [-0.3, -0.25) is 14.9 Å². The lowest BCUT2D eigenvalue weighted by atomic mass is 9.89. The van der Waals surface area contributed by atoms with Gasteiger partial charge in [-0.2, -0.15) is 0 Å². The molecule has 1 aromatic carbocycles. The van der Waals surface area contributed by atoms with Crippen molar-refractivity contribution >= 4 is 46.2 Å². The Kier molecular flexibility index (Phi) is 6.89. The molecule has 9 heteroatoms. The van der Waals surface area contributed by atoms with Crippen LogP contribution in [0.1, 0.15) is 42.5 Å². The molecule has 0 fully saturated rings. The second kappa shape index (κ2) is 9.40. The molecule has 0 N–H and O–H groups in total. The summed E-state index contributed by atoms with van der Waals surface area (Å²) >= 11 is 7.63. The number of imide groups is 1. The van der Waals surface area contributed by atoms with Gasteiger partial charge in [-0.15, -0.1) is 11.3 Å². The first-order chi connectivity index (χ1) is 14.4. The molecule has 1 aliphatic rings. The summed E-state index contributed by atoms with van der Waals surface area (Å²) in [6.07, 6.45) is 0.879. The predicted octanol–water partition coefficient (Wildman–Crippen LogP) is 5.52. The number of benzene rings is 1. The van der Waals surface area contributed by atoms with E-state index in [0.29, 0.717) is 34.7 Å². The Labute approximate surface area is 183 Å². The second-order valence-electron chi connectivity index (χ2n) is 6.93. The highest BCUT2D eigenvalue weighted by atomic mass is 35.5. The second-order valence-corrected chi connectivity index (χ2v) is 8.35. The molecule has 2 aromatic rings. The number of allylic oxidation sites excluding steroid dienone is 1. The number of methoxy groups -OCH3 is 1. The number of thiophene rings is 1. The number of fused-ring (bicyclic) bond motifs is 1. The van der Waals surface area contributed by atoms with Crippen LogP contribution in [0.25, 0.3) is 5.57 Å². The highest BCUT2D eigenvalue weighted by Gasteiger charge is 2.39. The van der Waals surface area contributed by atoms with Crippen molar-refractivity contribution in [1.29, 1.82) is 0 Å². The van der Waals surface area contributed by atoms with Gasteiger partial charge in [0.2, 0.25) is 6.54 Å². The van der Waals surface area contributed by atoms with E-state index in [1.54, 1.807) is 18.2 Å². The zero-order valence-corrected chi connectivity index (χ0v) is 18.2. The van der Waals surface area contributed by atoms with Crippen molar-refractivity contribution < 1.29 is 19.2 Å². The average Bonchev–Trinajstić information content (AvgIpc) is 3.32. The third-order valence-electron chi connectivity index (χ3n) is 4.96. The minimum Gasteiger partial charge on any atom is -0.452 e. The maximum absolute atomic E-state index is 13.3. The molecule has 0 aliphatic carbocycles. The molecule has 2 heterocycles. The van der Waals surface area contributed by atoms with Crippen LogP contribution in [0.5, 0.6) is 0 Å². The van der Waals surface area contributed by atoms with Crippen molar-refractivity contribution in [1.82, 2.24) is 0 Å². The van der Waals surface area contributed by atoms with Gasteiger partial charge in [0.25, 0.3) is 5.91 Å². The van der Waals surface area contributed by atoms with Crippen LogP contribution in [0.3, 0.4) is 0 Å². The van der Waals surface area contributed by atoms with Crippen LogP contribution in [0.15, 0.2) is 41.3 Å². The summed E-state index contributed by atoms with van der Waals surface area (Å²) in [6, 6.07) is 8.59. The van der Waals surface area contributed by atoms with Crippen LogP contribution in [-0.2, 0) is 9.53 Å². The van der Waals surface area contributed by atoms with Gasteiger partial charge in [0.05, 0.1) is 18.7 Å². The molecule has 3 rings (SSSR count). The van der Waals surface area contributed by atoms with Gasteiger partial charge in [0.15, 0.2) is 0 Å². The van der Waals surface area contributed by atoms with E-state index in [4.69, 9.17) is 16.3 Å². The van der Waals surface area contributed by atoms with Crippen LogP contribution in [0.4, 0.5) is 10.5 Å². The number of nitrogens with zero attached hydrogens (tertiary/aromatic N) is 2. The van der Waals surface area contributed by atoms with Gasteiger partial charge in [-0.1, -0.05) is 36.6 Å². The quantitative estimate of drug-likeness (QED) is 0.316. The summed E-state index contributed by atoms with van der Waals surface area (Å²) < 4.78 is 4.80. The molecule has 0 saturated carbocycles. The highest BCUT2D eigenvalue weighted by Crippen LogP contribution is 2.43. The van der Waals surface area contributed by atoms with Gasteiger partial charge >= 0.3 is 6.09 Å². The van der Waals surface area contributed by atoms with Gasteiger partial charge in [-0.25, -0.2) is 9.69 Å². The van der Waals surface area contributed by atoms with Crippen LogP contribution >= 0.6 is 22.9 Å². The van der Waals surface area contributed by atoms with E-state index in [1.807, 2.05) is 24.4 Å². The van der Waals surface area contributed by atoms with Gasteiger partial charge < -0.3 is 4.74 Å². The van der Waals surface area contributed by atoms with Crippen molar-refractivity contribution in [3.05, 3.63) is 66.9 Å². The van der Waals surface area contributed by atoms with E-state index >= 15 is 0 Å². The third kappa shape index (κ3) is 4.39.